The fraction of sp³-hybridized carbons (Fsp3) is 0.333. The molecule has 0 amide bonds. The highest BCUT2D eigenvalue weighted by molar-refractivity contribution is 9.10. The van der Waals surface area contributed by atoms with Gasteiger partial charge in [0.25, 0.3) is 0 Å². The molecule has 0 bridgehead atoms. The first-order valence-corrected chi connectivity index (χ1v) is 7.88. The van der Waals surface area contributed by atoms with Crippen molar-refractivity contribution in [2.45, 2.75) is 25.8 Å². The lowest BCUT2D eigenvalue weighted by atomic mass is 10.1. The Morgan fingerprint density at radius 2 is 2.06 bits per heavy atom. The van der Waals surface area contributed by atoms with E-state index in [0.29, 0.717) is 0 Å². The van der Waals surface area contributed by atoms with Crippen molar-refractivity contribution in [3.05, 3.63) is 45.2 Å². The molecule has 1 aliphatic rings. The van der Waals surface area contributed by atoms with Gasteiger partial charge in [0.1, 0.15) is 0 Å². The van der Waals surface area contributed by atoms with Crippen LogP contribution in [0.25, 0.3) is 10.4 Å². The summed E-state index contributed by atoms with van der Waals surface area (Å²) in [6, 6.07) is 11.2. The van der Waals surface area contributed by atoms with Crippen LogP contribution >= 0.6 is 27.3 Å². The highest BCUT2D eigenvalue weighted by atomic mass is 79.9. The average molecular weight is 322 g/mol. The summed E-state index contributed by atoms with van der Waals surface area (Å²) < 4.78 is 1.17. The van der Waals surface area contributed by atoms with Crippen LogP contribution < -0.4 is 5.73 Å². The average Bonchev–Trinajstić information content (AvgIpc) is 3.09. The smallest absolute Gasteiger partial charge is 0.0418 e. The van der Waals surface area contributed by atoms with E-state index in [2.05, 4.69) is 53.2 Å². The predicted molar refractivity (Wildman–Crippen MR) is 81.8 cm³/mol. The van der Waals surface area contributed by atoms with Crippen LogP contribution in [0.1, 0.15) is 29.3 Å². The molecule has 3 heteroatoms. The summed E-state index contributed by atoms with van der Waals surface area (Å²) in [6.45, 7) is 2.11. The standard InChI is InChI=1S/C15H16BrNS/c1-9-2-3-11(8-12(9)16)13-6-7-14(18-13)15(17)10-4-5-10/h2-3,6-8,10,15H,4-5,17H2,1H3. The molecule has 94 valence electrons. The van der Waals surface area contributed by atoms with Crippen molar-refractivity contribution in [1.82, 2.24) is 0 Å². The summed E-state index contributed by atoms with van der Waals surface area (Å²) in [6.07, 6.45) is 2.59. The maximum absolute atomic E-state index is 6.25. The maximum Gasteiger partial charge on any atom is 0.0418 e. The normalized spacial score (nSPS) is 16.8. The van der Waals surface area contributed by atoms with Gasteiger partial charge in [0.05, 0.1) is 0 Å². The van der Waals surface area contributed by atoms with Gasteiger partial charge in [-0.2, -0.15) is 0 Å². The van der Waals surface area contributed by atoms with E-state index in [-0.39, 0.29) is 6.04 Å². The van der Waals surface area contributed by atoms with Crippen molar-refractivity contribution < 1.29 is 0 Å². The molecule has 2 N–H and O–H groups in total. The Kier molecular flexibility index (Phi) is 3.31. The van der Waals surface area contributed by atoms with Crippen LogP contribution in [0.15, 0.2) is 34.8 Å². The molecule has 1 atom stereocenters. The van der Waals surface area contributed by atoms with Gasteiger partial charge in [-0.15, -0.1) is 11.3 Å². The van der Waals surface area contributed by atoms with Crippen molar-refractivity contribution >= 4 is 27.3 Å². The molecule has 0 saturated heterocycles. The quantitative estimate of drug-likeness (QED) is 0.855. The van der Waals surface area contributed by atoms with E-state index >= 15 is 0 Å². The van der Waals surface area contributed by atoms with Gasteiger partial charge >= 0.3 is 0 Å². The third-order valence-electron chi connectivity index (χ3n) is 3.54. The Morgan fingerprint density at radius 1 is 1.28 bits per heavy atom. The van der Waals surface area contributed by atoms with Gasteiger partial charge in [0.2, 0.25) is 0 Å². The van der Waals surface area contributed by atoms with Crippen molar-refractivity contribution in [2.24, 2.45) is 11.7 Å². The van der Waals surface area contributed by atoms with E-state index in [0.717, 1.165) is 5.92 Å². The minimum absolute atomic E-state index is 0.248. The van der Waals surface area contributed by atoms with Crippen molar-refractivity contribution in [3.63, 3.8) is 0 Å². The van der Waals surface area contributed by atoms with E-state index in [1.165, 1.54) is 38.2 Å². The highest BCUT2D eigenvalue weighted by Gasteiger charge is 2.30. The largest absolute Gasteiger partial charge is 0.323 e. The van der Waals surface area contributed by atoms with Gasteiger partial charge < -0.3 is 5.73 Å². The molecular formula is C15H16BrNS. The third kappa shape index (κ3) is 2.40. The summed E-state index contributed by atoms with van der Waals surface area (Å²) in [4.78, 5) is 2.63. The molecule has 0 radical (unpaired) electrons. The van der Waals surface area contributed by atoms with Gasteiger partial charge in [-0.25, -0.2) is 0 Å². The number of hydrogen-bond acceptors (Lipinski definition) is 2. The minimum Gasteiger partial charge on any atom is -0.323 e. The molecule has 1 aromatic carbocycles. The van der Waals surface area contributed by atoms with Crippen LogP contribution in [0, 0.1) is 12.8 Å². The van der Waals surface area contributed by atoms with E-state index in [1.807, 2.05) is 11.3 Å². The lowest BCUT2D eigenvalue weighted by molar-refractivity contribution is 0.645. The van der Waals surface area contributed by atoms with Gasteiger partial charge in [-0.3, -0.25) is 0 Å². The Bertz CT molecular complexity index is 572. The van der Waals surface area contributed by atoms with Crippen LogP contribution in [0.5, 0.6) is 0 Å². The van der Waals surface area contributed by atoms with E-state index in [9.17, 15) is 0 Å². The molecule has 2 aromatic rings. The first-order valence-electron chi connectivity index (χ1n) is 6.27. The number of aryl methyl sites for hydroxylation is 1. The number of nitrogens with two attached hydrogens (primary N) is 1. The zero-order valence-corrected chi connectivity index (χ0v) is 12.7. The summed E-state index contributed by atoms with van der Waals surface area (Å²) in [5.41, 5.74) is 8.79. The van der Waals surface area contributed by atoms with Crippen molar-refractivity contribution in [1.29, 1.82) is 0 Å². The summed E-state index contributed by atoms with van der Waals surface area (Å²) in [5.74, 6) is 0.723. The molecule has 1 saturated carbocycles. The Morgan fingerprint density at radius 3 is 2.72 bits per heavy atom. The molecule has 1 unspecified atom stereocenters. The fourth-order valence-electron chi connectivity index (χ4n) is 2.12. The van der Waals surface area contributed by atoms with Crippen LogP contribution in [0.2, 0.25) is 0 Å². The summed E-state index contributed by atoms with van der Waals surface area (Å²) in [7, 11) is 0. The Labute approximate surface area is 120 Å². The maximum atomic E-state index is 6.25. The van der Waals surface area contributed by atoms with Crippen LogP contribution in [-0.4, -0.2) is 0 Å². The van der Waals surface area contributed by atoms with Gasteiger partial charge in [0, 0.05) is 20.3 Å². The zero-order valence-electron chi connectivity index (χ0n) is 10.3. The molecule has 1 aliphatic carbocycles. The monoisotopic (exact) mass is 321 g/mol. The van der Waals surface area contributed by atoms with E-state index in [1.54, 1.807) is 0 Å². The second-order valence-electron chi connectivity index (χ2n) is 5.03. The summed E-state index contributed by atoms with van der Waals surface area (Å²) >= 11 is 5.42. The second-order valence-corrected chi connectivity index (χ2v) is 7.00. The topological polar surface area (TPSA) is 26.0 Å². The van der Waals surface area contributed by atoms with Crippen molar-refractivity contribution in [3.8, 4) is 10.4 Å². The van der Waals surface area contributed by atoms with Gasteiger partial charge in [-0.1, -0.05) is 28.1 Å². The number of hydrogen-bond donors (Lipinski definition) is 1. The van der Waals surface area contributed by atoms with Crippen LogP contribution in [0.3, 0.4) is 0 Å². The Balaban J connectivity index is 1.89. The predicted octanol–water partition coefficient (Wildman–Crippen LogP) is 4.90. The third-order valence-corrected chi connectivity index (χ3v) is 5.63. The molecule has 0 aliphatic heterocycles. The molecular weight excluding hydrogens is 306 g/mol. The molecule has 1 aromatic heterocycles. The second kappa shape index (κ2) is 4.80. The molecule has 0 spiro atoms. The minimum atomic E-state index is 0.248. The SMILES string of the molecule is Cc1ccc(-c2ccc(C(N)C3CC3)s2)cc1Br. The molecule has 1 fully saturated rings. The fourth-order valence-corrected chi connectivity index (χ4v) is 3.60. The van der Waals surface area contributed by atoms with Gasteiger partial charge in [0.15, 0.2) is 0 Å². The zero-order chi connectivity index (χ0) is 12.7. The molecule has 3 rings (SSSR count). The van der Waals surface area contributed by atoms with Crippen molar-refractivity contribution in [2.75, 3.05) is 0 Å². The number of benzene rings is 1. The van der Waals surface area contributed by atoms with E-state index < -0.39 is 0 Å². The molecule has 1 nitrogen and oxygen atoms in total. The number of rotatable bonds is 3. The van der Waals surface area contributed by atoms with Crippen LogP contribution in [0.4, 0.5) is 0 Å². The number of thiophene rings is 1. The summed E-state index contributed by atoms with van der Waals surface area (Å²) in [5, 5.41) is 0. The first kappa shape index (κ1) is 12.4. The Hall–Kier alpha value is -0.640. The van der Waals surface area contributed by atoms with Crippen LogP contribution in [-0.2, 0) is 0 Å². The lowest BCUT2D eigenvalue weighted by Gasteiger charge is -2.06. The van der Waals surface area contributed by atoms with Gasteiger partial charge in [-0.05, 0) is 55.0 Å². The lowest BCUT2D eigenvalue weighted by Crippen LogP contribution is -2.10. The highest BCUT2D eigenvalue weighted by Crippen LogP contribution is 2.43. The molecule has 1 heterocycles. The molecule has 18 heavy (non-hydrogen) atoms. The number of halogens is 1. The first-order chi connectivity index (χ1) is 8.65. The van der Waals surface area contributed by atoms with E-state index in [4.69, 9.17) is 5.73 Å².